The van der Waals surface area contributed by atoms with E-state index in [2.05, 4.69) is 26.6 Å². The van der Waals surface area contributed by atoms with E-state index in [1.54, 1.807) is 6.92 Å². The SMILES string of the molecule is C=C(C)NOCc1nc2c(N)nc(C)c(C)c2n1CCCCCS(N)(=O)=O. The van der Waals surface area contributed by atoms with Gasteiger partial charge in [0.2, 0.25) is 10.0 Å². The zero-order valence-electron chi connectivity index (χ0n) is 16.1. The Balaban J connectivity index is 2.25. The average molecular weight is 397 g/mol. The molecular weight excluding hydrogens is 368 g/mol. The molecule has 0 spiro atoms. The summed E-state index contributed by atoms with van der Waals surface area (Å²) < 4.78 is 24.2. The Hall–Kier alpha value is -2.17. The van der Waals surface area contributed by atoms with Crippen molar-refractivity contribution < 1.29 is 13.3 Å². The lowest BCUT2D eigenvalue weighted by molar-refractivity contribution is 0.0438. The highest BCUT2D eigenvalue weighted by molar-refractivity contribution is 7.89. The number of imidazole rings is 1. The summed E-state index contributed by atoms with van der Waals surface area (Å²) >= 11 is 0. The normalized spacial score (nSPS) is 11.9. The molecule has 0 atom stereocenters. The van der Waals surface area contributed by atoms with Gasteiger partial charge in [0, 0.05) is 17.9 Å². The van der Waals surface area contributed by atoms with Crippen LogP contribution in [-0.4, -0.2) is 28.7 Å². The Kier molecular flexibility index (Phi) is 6.79. The van der Waals surface area contributed by atoms with Crippen molar-refractivity contribution >= 4 is 26.9 Å². The first-order valence-electron chi connectivity index (χ1n) is 8.75. The molecule has 0 amide bonds. The summed E-state index contributed by atoms with van der Waals surface area (Å²) in [5.74, 6) is 1.09. The molecule has 0 aliphatic heterocycles. The number of nitrogens with two attached hydrogens (primary N) is 2. The summed E-state index contributed by atoms with van der Waals surface area (Å²) in [4.78, 5) is 14.4. The van der Waals surface area contributed by atoms with Crippen molar-refractivity contribution in [3.8, 4) is 0 Å². The Morgan fingerprint density at radius 3 is 2.59 bits per heavy atom. The summed E-state index contributed by atoms with van der Waals surface area (Å²) in [5.41, 5.74) is 12.9. The van der Waals surface area contributed by atoms with E-state index < -0.39 is 10.0 Å². The Bertz CT molecular complexity index is 936. The number of aryl methyl sites for hydroxylation is 3. The summed E-state index contributed by atoms with van der Waals surface area (Å²) in [5, 5.41) is 5.05. The number of anilines is 1. The lowest BCUT2D eigenvalue weighted by atomic mass is 10.2. The van der Waals surface area contributed by atoms with Crippen molar-refractivity contribution in [1.82, 2.24) is 20.0 Å². The summed E-state index contributed by atoms with van der Waals surface area (Å²) in [6, 6.07) is 0. The van der Waals surface area contributed by atoms with Crippen LogP contribution in [0.15, 0.2) is 12.3 Å². The first-order chi connectivity index (χ1) is 12.6. The molecular formula is C17H28N6O3S. The number of unbranched alkanes of at least 4 members (excludes halogenated alkanes) is 2. The maximum absolute atomic E-state index is 11.1. The van der Waals surface area contributed by atoms with Crippen LogP contribution in [0.1, 0.15) is 43.3 Å². The van der Waals surface area contributed by atoms with Crippen molar-refractivity contribution in [1.29, 1.82) is 0 Å². The van der Waals surface area contributed by atoms with Crippen molar-refractivity contribution in [3.63, 3.8) is 0 Å². The van der Waals surface area contributed by atoms with Crippen LogP contribution in [0.4, 0.5) is 5.82 Å². The van der Waals surface area contributed by atoms with E-state index in [-0.39, 0.29) is 12.4 Å². The molecule has 2 heterocycles. The Morgan fingerprint density at radius 2 is 1.96 bits per heavy atom. The number of hydroxylamine groups is 1. The molecule has 0 radical (unpaired) electrons. The molecule has 0 unspecified atom stereocenters. The number of pyridine rings is 1. The molecule has 0 aliphatic carbocycles. The number of sulfonamides is 1. The minimum absolute atomic E-state index is 0.00875. The van der Waals surface area contributed by atoms with Crippen LogP contribution in [0, 0.1) is 13.8 Å². The number of nitrogens with one attached hydrogen (secondary N) is 1. The van der Waals surface area contributed by atoms with Gasteiger partial charge in [0.1, 0.15) is 17.9 Å². The first-order valence-corrected chi connectivity index (χ1v) is 10.5. The molecule has 0 bridgehead atoms. The number of nitrogen functional groups attached to an aromatic ring is 1. The monoisotopic (exact) mass is 396 g/mol. The zero-order chi connectivity index (χ0) is 20.2. The predicted molar refractivity (Wildman–Crippen MR) is 106 cm³/mol. The van der Waals surface area contributed by atoms with Gasteiger partial charge in [-0.05, 0) is 39.2 Å². The highest BCUT2D eigenvalue weighted by Crippen LogP contribution is 2.26. The number of aromatic nitrogens is 3. The van der Waals surface area contributed by atoms with Gasteiger partial charge in [-0.15, -0.1) is 0 Å². The minimum atomic E-state index is -3.42. The standard InChI is InChI=1S/C17H28N6O3S/c1-11(2)22-26-10-14-21-15-16(12(3)13(4)20-17(15)18)23(14)8-6-5-7-9-27(19,24)25/h22H,1,5-10H2,2-4H3,(H2,18,20)(H2,19,24,25). The number of primary sulfonamides is 1. The van der Waals surface area contributed by atoms with E-state index in [9.17, 15) is 8.42 Å². The fourth-order valence-corrected chi connectivity index (χ4v) is 3.48. The molecule has 0 aromatic carbocycles. The fourth-order valence-electron chi connectivity index (χ4n) is 2.87. The van der Waals surface area contributed by atoms with Crippen molar-refractivity contribution in [2.75, 3.05) is 11.5 Å². The minimum Gasteiger partial charge on any atom is -0.382 e. The molecule has 0 saturated carbocycles. The third-order valence-electron chi connectivity index (χ3n) is 4.23. The van der Waals surface area contributed by atoms with Gasteiger partial charge >= 0.3 is 0 Å². The third kappa shape index (κ3) is 5.65. The molecule has 0 fully saturated rings. The van der Waals surface area contributed by atoms with Gasteiger partial charge in [-0.1, -0.05) is 13.0 Å². The Morgan fingerprint density at radius 1 is 1.26 bits per heavy atom. The molecule has 0 saturated heterocycles. The van der Waals surface area contributed by atoms with Crippen molar-refractivity contribution in [3.05, 3.63) is 29.4 Å². The van der Waals surface area contributed by atoms with Crippen LogP contribution in [0.3, 0.4) is 0 Å². The van der Waals surface area contributed by atoms with E-state index in [0.717, 1.165) is 29.6 Å². The van der Waals surface area contributed by atoms with E-state index >= 15 is 0 Å². The second kappa shape index (κ2) is 8.68. The van der Waals surface area contributed by atoms with Crippen molar-refractivity contribution in [2.45, 2.75) is 53.2 Å². The number of rotatable bonds is 10. The number of hydrogen-bond acceptors (Lipinski definition) is 7. The van der Waals surface area contributed by atoms with E-state index in [1.165, 1.54) is 0 Å². The average Bonchev–Trinajstić information content (AvgIpc) is 2.90. The number of hydrogen-bond donors (Lipinski definition) is 3. The maximum atomic E-state index is 11.1. The highest BCUT2D eigenvalue weighted by atomic mass is 32.2. The van der Waals surface area contributed by atoms with Gasteiger partial charge in [-0.3, -0.25) is 10.3 Å². The van der Waals surface area contributed by atoms with Gasteiger partial charge in [-0.2, -0.15) is 0 Å². The van der Waals surface area contributed by atoms with E-state index in [0.29, 0.717) is 35.8 Å². The highest BCUT2D eigenvalue weighted by Gasteiger charge is 2.17. The second-order valence-corrected chi connectivity index (χ2v) is 8.42. The van der Waals surface area contributed by atoms with Gasteiger partial charge in [0.15, 0.2) is 5.82 Å². The molecule has 0 aliphatic rings. The van der Waals surface area contributed by atoms with E-state index in [1.807, 2.05) is 13.8 Å². The number of fused-ring (bicyclic) bond motifs is 1. The summed E-state index contributed by atoms with van der Waals surface area (Å²) in [7, 11) is -3.42. The van der Waals surface area contributed by atoms with Gasteiger partial charge in [0.05, 0.1) is 11.3 Å². The topological polar surface area (TPSA) is 138 Å². The van der Waals surface area contributed by atoms with E-state index in [4.69, 9.17) is 15.7 Å². The third-order valence-corrected chi connectivity index (χ3v) is 5.09. The predicted octanol–water partition coefficient (Wildman–Crippen LogP) is 1.64. The van der Waals surface area contributed by atoms with Crippen molar-refractivity contribution in [2.24, 2.45) is 5.14 Å². The smallest absolute Gasteiger partial charge is 0.209 e. The molecule has 27 heavy (non-hydrogen) atoms. The zero-order valence-corrected chi connectivity index (χ0v) is 16.9. The fraction of sp³-hybridized carbons (Fsp3) is 0.529. The number of nitrogens with zero attached hydrogens (tertiary/aromatic N) is 3. The van der Waals surface area contributed by atoms with Crippen LogP contribution in [-0.2, 0) is 28.0 Å². The second-order valence-electron chi connectivity index (χ2n) is 6.68. The molecule has 10 heteroatoms. The van der Waals surface area contributed by atoms with Crippen LogP contribution < -0.4 is 16.4 Å². The largest absolute Gasteiger partial charge is 0.382 e. The summed E-state index contributed by atoms with van der Waals surface area (Å²) in [6.45, 7) is 10.3. The van der Waals surface area contributed by atoms with Gasteiger partial charge in [-0.25, -0.2) is 23.5 Å². The lowest BCUT2D eigenvalue weighted by Crippen LogP contribution is -2.16. The van der Waals surface area contributed by atoms with Gasteiger partial charge in [0.25, 0.3) is 0 Å². The molecule has 2 rings (SSSR count). The lowest BCUT2D eigenvalue weighted by Gasteiger charge is -2.12. The molecule has 150 valence electrons. The van der Waals surface area contributed by atoms with Crippen LogP contribution in [0.25, 0.3) is 11.0 Å². The molecule has 5 N–H and O–H groups in total. The first kappa shape index (κ1) is 21.1. The number of allylic oxidation sites excluding steroid dienone is 1. The summed E-state index contributed by atoms with van der Waals surface area (Å²) in [6.07, 6.45) is 2.04. The quantitative estimate of drug-likeness (QED) is 0.410. The molecule has 2 aromatic heterocycles. The van der Waals surface area contributed by atoms with Crippen LogP contribution in [0.2, 0.25) is 0 Å². The molecule has 9 nitrogen and oxygen atoms in total. The van der Waals surface area contributed by atoms with Crippen LogP contribution in [0.5, 0.6) is 0 Å². The van der Waals surface area contributed by atoms with Gasteiger partial charge < -0.3 is 10.3 Å². The Labute approximate surface area is 159 Å². The van der Waals surface area contributed by atoms with Crippen LogP contribution >= 0.6 is 0 Å². The maximum Gasteiger partial charge on any atom is 0.209 e. The molecule has 2 aromatic rings.